The molecule has 1 heterocycles. The highest BCUT2D eigenvalue weighted by atomic mass is 32.2. The van der Waals surface area contributed by atoms with Crippen LogP contribution in [0.25, 0.3) is 5.69 Å². The first-order valence-corrected chi connectivity index (χ1v) is 11.0. The van der Waals surface area contributed by atoms with Gasteiger partial charge in [0.05, 0.1) is 18.4 Å². The Labute approximate surface area is 190 Å². The Hall–Kier alpha value is -3.65. The molecule has 1 aromatic heterocycles. The number of carbonyl (C=O) groups excluding carboxylic acids is 1. The van der Waals surface area contributed by atoms with Gasteiger partial charge in [0.25, 0.3) is 0 Å². The summed E-state index contributed by atoms with van der Waals surface area (Å²) in [5.74, 6) is 0.536. The second-order valence-corrected chi connectivity index (χ2v) is 8.38. The van der Waals surface area contributed by atoms with E-state index in [-0.39, 0.29) is 11.9 Å². The number of amides is 1. The molecule has 0 aliphatic carbocycles. The first kappa shape index (κ1) is 21.6. The van der Waals surface area contributed by atoms with Gasteiger partial charge >= 0.3 is 0 Å². The topological polar surface area (TPSA) is 81.9 Å². The van der Waals surface area contributed by atoms with Gasteiger partial charge in [0, 0.05) is 0 Å². The van der Waals surface area contributed by atoms with Crippen LogP contribution in [0.15, 0.2) is 90.1 Å². The Morgan fingerprint density at radius 2 is 1.53 bits per heavy atom. The van der Waals surface area contributed by atoms with Crippen LogP contribution in [0, 0.1) is 0 Å². The molecule has 0 radical (unpaired) electrons. The third-order valence-electron chi connectivity index (χ3n) is 4.96. The number of para-hydroxylation sites is 2. The number of nitrogens with zero attached hydrogens (tertiary/aromatic N) is 4. The summed E-state index contributed by atoms with van der Waals surface area (Å²) in [6.45, 7) is 1.84. The largest absolute Gasteiger partial charge is 0.494 e. The first-order chi connectivity index (χ1) is 15.7. The number of carbonyl (C=O) groups is 1. The number of tetrazole rings is 1. The second kappa shape index (κ2) is 10.1. The summed E-state index contributed by atoms with van der Waals surface area (Å²) < 4.78 is 7.00. The van der Waals surface area contributed by atoms with E-state index in [1.54, 1.807) is 11.8 Å². The predicted molar refractivity (Wildman–Crippen MR) is 124 cm³/mol. The predicted octanol–water partition coefficient (Wildman–Crippen LogP) is 4.06. The van der Waals surface area contributed by atoms with Crippen LogP contribution in [0.3, 0.4) is 0 Å². The van der Waals surface area contributed by atoms with E-state index in [1.807, 2.05) is 91.9 Å². The standard InChI is InChI=1S/C24H23N5O2S/c1-17(32-24-26-27-28-29(24)20-15-9-10-16-21(20)31-2)23(30)25-22(18-11-5-3-6-12-18)19-13-7-4-8-14-19/h3-17,22H,1-2H3,(H,25,30). The van der Waals surface area contributed by atoms with Gasteiger partial charge in [-0.25, -0.2) is 0 Å². The van der Waals surface area contributed by atoms with Crippen LogP contribution in [0.5, 0.6) is 5.75 Å². The van der Waals surface area contributed by atoms with E-state index >= 15 is 0 Å². The molecule has 0 aliphatic rings. The smallest absolute Gasteiger partial charge is 0.234 e. The summed E-state index contributed by atoms with van der Waals surface area (Å²) in [5.41, 5.74) is 2.74. The highest BCUT2D eigenvalue weighted by Crippen LogP contribution is 2.29. The minimum absolute atomic E-state index is 0.109. The fraction of sp³-hybridized carbons (Fsp3) is 0.167. The number of rotatable bonds is 8. The summed E-state index contributed by atoms with van der Waals surface area (Å²) in [6.07, 6.45) is 0. The number of ether oxygens (including phenoxy) is 1. The van der Waals surface area contributed by atoms with Crippen LogP contribution in [0.2, 0.25) is 0 Å². The fourth-order valence-corrected chi connectivity index (χ4v) is 4.14. The van der Waals surface area contributed by atoms with Crippen molar-refractivity contribution in [3.05, 3.63) is 96.1 Å². The van der Waals surface area contributed by atoms with Gasteiger partial charge in [-0.05, 0) is 40.6 Å². The molecule has 1 atom stereocenters. The van der Waals surface area contributed by atoms with Crippen LogP contribution in [-0.4, -0.2) is 38.5 Å². The van der Waals surface area contributed by atoms with Crippen molar-refractivity contribution in [3.8, 4) is 11.4 Å². The summed E-state index contributed by atoms with van der Waals surface area (Å²) >= 11 is 1.29. The summed E-state index contributed by atoms with van der Waals surface area (Å²) in [5, 5.41) is 15.3. The van der Waals surface area contributed by atoms with E-state index in [0.717, 1.165) is 11.1 Å². The molecule has 4 aromatic rings. The maximum atomic E-state index is 13.2. The van der Waals surface area contributed by atoms with E-state index in [4.69, 9.17) is 4.74 Å². The Bertz CT molecular complexity index is 1130. The lowest BCUT2D eigenvalue weighted by Crippen LogP contribution is -2.35. The van der Waals surface area contributed by atoms with E-state index in [2.05, 4.69) is 20.8 Å². The summed E-state index contributed by atoms with van der Waals surface area (Å²) in [4.78, 5) is 13.2. The second-order valence-electron chi connectivity index (χ2n) is 7.07. The van der Waals surface area contributed by atoms with Crippen molar-refractivity contribution in [2.75, 3.05) is 7.11 Å². The highest BCUT2D eigenvalue weighted by Gasteiger charge is 2.24. The minimum Gasteiger partial charge on any atom is -0.494 e. The zero-order valence-electron chi connectivity index (χ0n) is 17.8. The molecular formula is C24H23N5O2S. The molecule has 1 unspecified atom stereocenters. The molecule has 0 saturated heterocycles. The molecular weight excluding hydrogens is 422 g/mol. The van der Waals surface area contributed by atoms with Crippen molar-refractivity contribution < 1.29 is 9.53 Å². The molecule has 32 heavy (non-hydrogen) atoms. The fourth-order valence-electron chi connectivity index (χ4n) is 3.33. The van der Waals surface area contributed by atoms with Gasteiger partial charge in [0.15, 0.2) is 0 Å². The number of aromatic nitrogens is 4. The maximum Gasteiger partial charge on any atom is 0.234 e. The molecule has 7 nitrogen and oxygen atoms in total. The first-order valence-electron chi connectivity index (χ1n) is 10.2. The lowest BCUT2D eigenvalue weighted by Gasteiger charge is -2.22. The lowest BCUT2D eigenvalue weighted by molar-refractivity contribution is -0.120. The van der Waals surface area contributed by atoms with Crippen LogP contribution in [0.4, 0.5) is 0 Å². The molecule has 4 rings (SSSR count). The average molecular weight is 446 g/mol. The molecule has 1 amide bonds. The number of thioether (sulfide) groups is 1. The normalized spacial score (nSPS) is 11.8. The van der Waals surface area contributed by atoms with Gasteiger partial charge in [-0.2, -0.15) is 4.68 Å². The lowest BCUT2D eigenvalue weighted by atomic mass is 9.98. The van der Waals surface area contributed by atoms with Crippen molar-refractivity contribution in [2.45, 2.75) is 23.4 Å². The van der Waals surface area contributed by atoms with Gasteiger partial charge in [0.1, 0.15) is 11.4 Å². The Balaban J connectivity index is 1.54. The monoisotopic (exact) mass is 445 g/mol. The van der Waals surface area contributed by atoms with Crippen molar-refractivity contribution in [1.82, 2.24) is 25.5 Å². The number of nitrogens with one attached hydrogen (secondary N) is 1. The molecule has 0 spiro atoms. The van der Waals surface area contributed by atoms with Crippen molar-refractivity contribution in [1.29, 1.82) is 0 Å². The summed E-state index contributed by atoms with van der Waals surface area (Å²) in [6, 6.07) is 27.1. The van der Waals surface area contributed by atoms with E-state index in [9.17, 15) is 4.79 Å². The van der Waals surface area contributed by atoms with E-state index < -0.39 is 5.25 Å². The number of benzene rings is 3. The van der Waals surface area contributed by atoms with Crippen LogP contribution < -0.4 is 10.1 Å². The van der Waals surface area contributed by atoms with Crippen LogP contribution >= 0.6 is 11.8 Å². The van der Waals surface area contributed by atoms with Crippen molar-refractivity contribution >= 4 is 17.7 Å². The molecule has 0 bridgehead atoms. The Kier molecular flexibility index (Phi) is 6.81. The van der Waals surface area contributed by atoms with Gasteiger partial charge in [-0.15, -0.1) is 5.10 Å². The SMILES string of the molecule is COc1ccccc1-n1nnnc1SC(C)C(=O)NC(c1ccccc1)c1ccccc1. The maximum absolute atomic E-state index is 13.2. The average Bonchev–Trinajstić information content (AvgIpc) is 3.31. The number of hydrogen-bond donors (Lipinski definition) is 1. The van der Waals surface area contributed by atoms with Crippen molar-refractivity contribution in [2.24, 2.45) is 0 Å². The number of hydrogen-bond acceptors (Lipinski definition) is 6. The molecule has 0 aliphatic heterocycles. The zero-order chi connectivity index (χ0) is 22.3. The van der Waals surface area contributed by atoms with Gasteiger partial charge in [0.2, 0.25) is 11.1 Å². The zero-order valence-corrected chi connectivity index (χ0v) is 18.6. The van der Waals surface area contributed by atoms with Gasteiger partial charge in [-0.3, -0.25) is 4.79 Å². The third kappa shape index (κ3) is 4.81. The molecule has 162 valence electrons. The molecule has 3 aromatic carbocycles. The molecule has 0 saturated carbocycles. The number of methoxy groups -OCH3 is 1. The van der Waals surface area contributed by atoms with E-state index in [0.29, 0.717) is 16.6 Å². The quantitative estimate of drug-likeness (QED) is 0.412. The van der Waals surface area contributed by atoms with Crippen LogP contribution in [0.1, 0.15) is 24.1 Å². The third-order valence-corrected chi connectivity index (χ3v) is 5.99. The summed E-state index contributed by atoms with van der Waals surface area (Å²) in [7, 11) is 1.60. The van der Waals surface area contributed by atoms with E-state index in [1.165, 1.54) is 11.8 Å². The molecule has 8 heteroatoms. The Morgan fingerprint density at radius 3 is 2.16 bits per heavy atom. The van der Waals surface area contributed by atoms with Crippen LogP contribution in [-0.2, 0) is 4.79 Å². The molecule has 1 N–H and O–H groups in total. The van der Waals surface area contributed by atoms with Gasteiger partial charge in [-0.1, -0.05) is 84.6 Å². The minimum atomic E-state index is -0.426. The molecule has 0 fully saturated rings. The Morgan fingerprint density at radius 1 is 0.938 bits per heavy atom. The highest BCUT2D eigenvalue weighted by molar-refractivity contribution is 8.00. The van der Waals surface area contributed by atoms with Crippen molar-refractivity contribution in [3.63, 3.8) is 0 Å². The van der Waals surface area contributed by atoms with Gasteiger partial charge < -0.3 is 10.1 Å².